The number of imide groups is 1. The van der Waals surface area contributed by atoms with Crippen LogP contribution in [0.3, 0.4) is 0 Å². The van der Waals surface area contributed by atoms with Crippen LogP contribution in [0.2, 0.25) is 0 Å². The molecule has 1 aliphatic heterocycles. The molecular formula is C21H22FNO3S. The van der Waals surface area contributed by atoms with Crippen molar-refractivity contribution in [2.45, 2.75) is 38.4 Å². The summed E-state index contributed by atoms with van der Waals surface area (Å²) in [6.07, 6.45) is 5.51. The van der Waals surface area contributed by atoms with Crippen LogP contribution in [0, 0.1) is 5.82 Å². The van der Waals surface area contributed by atoms with Gasteiger partial charge in [-0.15, -0.1) is 11.8 Å². The third-order valence-electron chi connectivity index (χ3n) is 4.43. The fraction of sp³-hybridized carbons (Fsp3) is 0.333. The van der Waals surface area contributed by atoms with Gasteiger partial charge in [0.15, 0.2) is 0 Å². The summed E-state index contributed by atoms with van der Waals surface area (Å²) < 4.78 is 18.6. The first-order valence-electron chi connectivity index (χ1n) is 9.13. The van der Waals surface area contributed by atoms with E-state index in [1.54, 1.807) is 24.5 Å². The third-order valence-corrected chi connectivity index (χ3v) is 5.53. The fourth-order valence-corrected chi connectivity index (χ4v) is 4.03. The van der Waals surface area contributed by atoms with E-state index in [-0.39, 0.29) is 17.6 Å². The summed E-state index contributed by atoms with van der Waals surface area (Å²) >= 11 is 1.29. The summed E-state index contributed by atoms with van der Waals surface area (Å²) in [6.45, 7) is 2.52. The van der Waals surface area contributed by atoms with Crippen molar-refractivity contribution in [3.05, 3.63) is 64.7 Å². The molecule has 142 valence electrons. The second-order valence-corrected chi connectivity index (χ2v) is 7.39. The molecule has 0 spiro atoms. The second kappa shape index (κ2) is 9.04. The van der Waals surface area contributed by atoms with Gasteiger partial charge in [-0.25, -0.2) is 4.39 Å². The maximum Gasteiger partial charge on any atom is 0.267 e. The maximum atomic E-state index is 13.3. The molecular weight excluding hydrogens is 365 g/mol. The zero-order valence-corrected chi connectivity index (χ0v) is 16.1. The highest BCUT2D eigenvalue weighted by molar-refractivity contribution is 8.03. The number of halogens is 1. The highest BCUT2D eigenvalue weighted by Crippen LogP contribution is 2.37. The smallest absolute Gasteiger partial charge is 0.267 e. The average molecular weight is 387 g/mol. The molecule has 0 bridgehead atoms. The van der Waals surface area contributed by atoms with E-state index >= 15 is 0 Å². The predicted octanol–water partition coefficient (Wildman–Crippen LogP) is 5.01. The molecule has 0 fully saturated rings. The van der Waals surface area contributed by atoms with Gasteiger partial charge in [-0.2, -0.15) is 0 Å². The molecule has 27 heavy (non-hydrogen) atoms. The summed E-state index contributed by atoms with van der Waals surface area (Å²) in [5, 5.41) is 0. The van der Waals surface area contributed by atoms with Crippen molar-refractivity contribution in [2.24, 2.45) is 0 Å². The molecule has 0 aliphatic carbocycles. The molecule has 0 saturated heterocycles. The van der Waals surface area contributed by atoms with Crippen molar-refractivity contribution >= 4 is 29.1 Å². The summed E-state index contributed by atoms with van der Waals surface area (Å²) in [6, 6.07) is 9.31. The summed E-state index contributed by atoms with van der Waals surface area (Å²) in [5.41, 5.74) is 0.916. The number of benzene rings is 1. The standard InChI is InChI=1S/C21H22FNO3S/c1-2-3-4-5-12-23-20(24)18(15-8-10-16(22)11-9-15)19(21(23)25)27-14-17-7-6-13-26-17/h6-11,13H,2-5,12,14H2,1H3. The van der Waals surface area contributed by atoms with Crippen molar-refractivity contribution < 1.29 is 18.4 Å². The first kappa shape index (κ1) is 19.4. The molecule has 1 aromatic heterocycles. The summed E-state index contributed by atoms with van der Waals surface area (Å²) in [4.78, 5) is 27.6. The van der Waals surface area contributed by atoms with Crippen LogP contribution < -0.4 is 0 Å². The molecule has 0 unspecified atom stereocenters. The Bertz CT molecular complexity index is 828. The third kappa shape index (κ3) is 4.50. The molecule has 0 saturated carbocycles. The lowest BCUT2D eigenvalue weighted by molar-refractivity contribution is -0.136. The zero-order valence-electron chi connectivity index (χ0n) is 15.2. The maximum absolute atomic E-state index is 13.3. The van der Waals surface area contributed by atoms with Gasteiger partial charge in [-0.1, -0.05) is 38.3 Å². The molecule has 2 amide bonds. The number of thioether (sulfide) groups is 1. The highest BCUT2D eigenvalue weighted by atomic mass is 32.2. The van der Waals surface area contributed by atoms with Gasteiger partial charge in [0, 0.05) is 6.54 Å². The number of carbonyl (C=O) groups excluding carboxylic acids is 2. The molecule has 4 nitrogen and oxygen atoms in total. The lowest BCUT2D eigenvalue weighted by atomic mass is 10.1. The number of unbranched alkanes of at least 4 members (excludes halogenated alkanes) is 3. The largest absolute Gasteiger partial charge is 0.468 e. The van der Waals surface area contributed by atoms with E-state index in [1.807, 2.05) is 6.07 Å². The number of nitrogens with zero attached hydrogens (tertiary/aromatic N) is 1. The quantitative estimate of drug-likeness (QED) is 0.448. The molecule has 3 rings (SSSR count). The normalized spacial score (nSPS) is 14.5. The Morgan fingerprint density at radius 3 is 2.48 bits per heavy atom. The Labute approximate surface area is 162 Å². The Balaban J connectivity index is 1.84. The Morgan fingerprint density at radius 1 is 1.04 bits per heavy atom. The molecule has 2 heterocycles. The zero-order chi connectivity index (χ0) is 19.2. The minimum absolute atomic E-state index is 0.271. The highest BCUT2D eigenvalue weighted by Gasteiger charge is 2.38. The van der Waals surface area contributed by atoms with Crippen LogP contribution in [0.25, 0.3) is 5.57 Å². The lowest BCUT2D eigenvalue weighted by Crippen LogP contribution is -2.32. The van der Waals surface area contributed by atoms with E-state index in [0.717, 1.165) is 31.4 Å². The molecule has 0 atom stereocenters. The van der Waals surface area contributed by atoms with E-state index in [0.29, 0.717) is 28.3 Å². The monoisotopic (exact) mass is 387 g/mol. The van der Waals surface area contributed by atoms with Crippen molar-refractivity contribution in [2.75, 3.05) is 6.54 Å². The van der Waals surface area contributed by atoms with Crippen LogP contribution >= 0.6 is 11.8 Å². The Kier molecular flexibility index (Phi) is 6.50. The average Bonchev–Trinajstić information content (AvgIpc) is 3.26. The van der Waals surface area contributed by atoms with E-state index in [2.05, 4.69) is 6.92 Å². The summed E-state index contributed by atoms with van der Waals surface area (Å²) in [7, 11) is 0. The van der Waals surface area contributed by atoms with Gasteiger partial charge in [0.1, 0.15) is 11.6 Å². The predicted molar refractivity (Wildman–Crippen MR) is 104 cm³/mol. The van der Waals surface area contributed by atoms with Crippen LogP contribution in [-0.4, -0.2) is 23.3 Å². The first-order valence-corrected chi connectivity index (χ1v) is 10.1. The fourth-order valence-electron chi connectivity index (χ4n) is 3.00. The Morgan fingerprint density at radius 2 is 1.81 bits per heavy atom. The molecule has 0 radical (unpaired) electrons. The number of rotatable bonds is 9. The molecule has 6 heteroatoms. The van der Waals surface area contributed by atoms with Crippen LogP contribution in [-0.2, 0) is 15.3 Å². The van der Waals surface area contributed by atoms with E-state index in [4.69, 9.17) is 4.42 Å². The van der Waals surface area contributed by atoms with Crippen molar-refractivity contribution in [3.8, 4) is 0 Å². The number of carbonyl (C=O) groups is 2. The minimum atomic E-state index is -0.377. The van der Waals surface area contributed by atoms with Gasteiger partial charge < -0.3 is 4.42 Å². The van der Waals surface area contributed by atoms with Gasteiger partial charge in [0.05, 0.1) is 22.5 Å². The van der Waals surface area contributed by atoms with Gasteiger partial charge >= 0.3 is 0 Å². The van der Waals surface area contributed by atoms with Crippen molar-refractivity contribution in [3.63, 3.8) is 0 Å². The SMILES string of the molecule is CCCCCCN1C(=O)C(SCc2ccco2)=C(c2ccc(F)cc2)C1=O. The number of amides is 2. The van der Waals surface area contributed by atoms with Crippen molar-refractivity contribution in [1.82, 2.24) is 4.90 Å². The van der Waals surface area contributed by atoms with Gasteiger partial charge in [-0.3, -0.25) is 14.5 Å². The molecule has 0 N–H and O–H groups in total. The van der Waals surface area contributed by atoms with E-state index in [9.17, 15) is 14.0 Å². The van der Waals surface area contributed by atoms with Gasteiger partial charge in [-0.05, 0) is 36.2 Å². The van der Waals surface area contributed by atoms with E-state index < -0.39 is 0 Å². The summed E-state index contributed by atoms with van der Waals surface area (Å²) in [5.74, 6) is 0.234. The molecule has 1 aliphatic rings. The second-order valence-electron chi connectivity index (χ2n) is 6.40. The van der Waals surface area contributed by atoms with Gasteiger partial charge in [0.25, 0.3) is 11.8 Å². The Hall–Kier alpha value is -2.34. The minimum Gasteiger partial charge on any atom is -0.468 e. The van der Waals surface area contributed by atoms with Crippen molar-refractivity contribution in [1.29, 1.82) is 0 Å². The molecule has 2 aromatic rings. The van der Waals surface area contributed by atoms with Crippen LogP contribution in [0.4, 0.5) is 4.39 Å². The topological polar surface area (TPSA) is 50.5 Å². The lowest BCUT2D eigenvalue weighted by Gasteiger charge is -2.14. The van der Waals surface area contributed by atoms with Crippen LogP contribution in [0.15, 0.2) is 52.0 Å². The molecule has 1 aromatic carbocycles. The van der Waals surface area contributed by atoms with Crippen LogP contribution in [0.5, 0.6) is 0 Å². The number of furan rings is 1. The number of hydrogen-bond donors (Lipinski definition) is 0. The van der Waals surface area contributed by atoms with Crippen LogP contribution in [0.1, 0.15) is 43.9 Å². The van der Waals surface area contributed by atoms with E-state index in [1.165, 1.54) is 28.8 Å². The number of hydrogen-bond acceptors (Lipinski definition) is 4. The first-order chi connectivity index (χ1) is 13.1. The van der Waals surface area contributed by atoms with Gasteiger partial charge in [0.2, 0.25) is 0 Å².